The Labute approximate surface area is 114 Å². The quantitative estimate of drug-likeness (QED) is 0.821. The molecule has 0 unspecified atom stereocenters. The molecule has 0 aliphatic carbocycles. The van der Waals surface area contributed by atoms with Crippen LogP contribution in [-0.4, -0.2) is 38.2 Å². The second-order valence-corrected chi connectivity index (χ2v) is 7.07. The van der Waals surface area contributed by atoms with Crippen LogP contribution >= 0.6 is 0 Å². The van der Waals surface area contributed by atoms with Crippen molar-refractivity contribution in [2.24, 2.45) is 0 Å². The van der Waals surface area contributed by atoms with Gasteiger partial charge in [-0.2, -0.15) is 0 Å². The summed E-state index contributed by atoms with van der Waals surface area (Å²) < 4.78 is 33.8. The van der Waals surface area contributed by atoms with Crippen molar-refractivity contribution < 1.29 is 23.0 Å². The van der Waals surface area contributed by atoms with Crippen molar-refractivity contribution in [1.29, 1.82) is 0 Å². The fourth-order valence-electron chi connectivity index (χ4n) is 1.43. The summed E-state index contributed by atoms with van der Waals surface area (Å²) in [5.41, 5.74) is 0.600. The summed E-state index contributed by atoms with van der Waals surface area (Å²) in [4.78, 5) is 0. The van der Waals surface area contributed by atoms with E-state index in [2.05, 4.69) is 0 Å². The molecule has 6 heteroatoms. The van der Waals surface area contributed by atoms with Gasteiger partial charge in [-0.15, -0.1) is 0 Å². The van der Waals surface area contributed by atoms with Crippen LogP contribution in [0.5, 0.6) is 11.5 Å². The Hall–Kier alpha value is -1.27. The first-order valence-electron chi connectivity index (χ1n) is 6.03. The molecular formula is C13H20O5S. The van der Waals surface area contributed by atoms with Gasteiger partial charge in [-0.3, -0.25) is 0 Å². The topological polar surface area (TPSA) is 72.8 Å². The number of benzene rings is 1. The van der Waals surface area contributed by atoms with Gasteiger partial charge < -0.3 is 14.6 Å². The molecule has 1 rings (SSSR count). The highest BCUT2D eigenvalue weighted by Gasteiger charge is 2.16. The van der Waals surface area contributed by atoms with E-state index in [1.807, 2.05) is 0 Å². The molecule has 0 saturated carbocycles. The van der Waals surface area contributed by atoms with Crippen LogP contribution in [0.3, 0.4) is 0 Å². The Balaban J connectivity index is 2.72. The maximum Gasteiger partial charge on any atom is 0.155 e. The summed E-state index contributed by atoms with van der Waals surface area (Å²) in [6, 6.07) is 5.03. The highest BCUT2D eigenvalue weighted by molar-refractivity contribution is 7.91. The third kappa shape index (κ3) is 4.40. The fourth-order valence-corrected chi connectivity index (χ4v) is 2.22. The van der Waals surface area contributed by atoms with Crippen LogP contribution in [0.15, 0.2) is 18.2 Å². The minimum absolute atomic E-state index is 0.0489. The zero-order chi connectivity index (χ0) is 14.5. The van der Waals surface area contributed by atoms with Crippen LogP contribution in [0.1, 0.15) is 19.4 Å². The molecule has 1 aromatic rings. The van der Waals surface area contributed by atoms with E-state index < -0.39 is 15.1 Å². The summed E-state index contributed by atoms with van der Waals surface area (Å²) >= 11 is 0. The molecule has 5 nitrogen and oxygen atoms in total. The van der Waals surface area contributed by atoms with Gasteiger partial charge in [0.1, 0.15) is 18.1 Å². The van der Waals surface area contributed by atoms with E-state index in [0.29, 0.717) is 17.1 Å². The summed E-state index contributed by atoms with van der Waals surface area (Å²) in [5, 5.41) is 8.77. The average molecular weight is 288 g/mol. The summed E-state index contributed by atoms with van der Waals surface area (Å²) in [7, 11) is -1.59. The first kappa shape index (κ1) is 15.8. The molecule has 0 aromatic heterocycles. The number of aliphatic hydroxyl groups excluding tert-OH is 1. The molecule has 0 bridgehead atoms. The molecule has 0 spiro atoms. The van der Waals surface area contributed by atoms with Crippen molar-refractivity contribution in [2.75, 3.05) is 19.5 Å². The van der Waals surface area contributed by atoms with Crippen molar-refractivity contribution in [3.05, 3.63) is 23.8 Å². The molecule has 1 N–H and O–H groups in total. The Bertz CT molecular complexity index is 508. The standard InChI is InChI=1S/C13H20O5S/c1-10(2)19(15,16)7-6-18-13-8-12(17-3)5-4-11(13)9-14/h4-5,8,10,14H,6-7,9H2,1-3H3. The van der Waals surface area contributed by atoms with Crippen molar-refractivity contribution >= 4 is 9.84 Å². The third-order valence-electron chi connectivity index (χ3n) is 2.79. The molecule has 1 aromatic carbocycles. The van der Waals surface area contributed by atoms with Crippen LogP contribution in [0, 0.1) is 0 Å². The molecule has 0 heterocycles. The molecule has 0 saturated heterocycles. The number of hydrogen-bond donors (Lipinski definition) is 1. The predicted octanol–water partition coefficient (Wildman–Crippen LogP) is 1.39. The van der Waals surface area contributed by atoms with E-state index in [-0.39, 0.29) is 19.0 Å². The largest absolute Gasteiger partial charge is 0.497 e. The fraction of sp³-hybridized carbons (Fsp3) is 0.538. The van der Waals surface area contributed by atoms with Gasteiger partial charge >= 0.3 is 0 Å². The first-order chi connectivity index (χ1) is 8.90. The summed E-state index contributed by atoms with van der Waals surface area (Å²) in [6.45, 7) is 3.16. The van der Waals surface area contributed by atoms with Gasteiger partial charge in [-0.05, 0) is 26.0 Å². The average Bonchev–Trinajstić information content (AvgIpc) is 2.38. The molecule has 0 amide bonds. The number of sulfone groups is 1. The third-order valence-corrected chi connectivity index (χ3v) is 4.96. The van der Waals surface area contributed by atoms with Gasteiger partial charge in [0.2, 0.25) is 0 Å². The summed E-state index contributed by atoms with van der Waals surface area (Å²) in [6.07, 6.45) is 0. The Morgan fingerprint density at radius 3 is 2.53 bits per heavy atom. The van der Waals surface area contributed by atoms with Crippen molar-refractivity contribution in [1.82, 2.24) is 0 Å². The van der Waals surface area contributed by atoms with Gasteiger partial charge in [0.05, 0.1) is 24.7 Å². The van der Waals surface area contributed by atoms with E-state index in [1.54, 1.807) is 32.0 Å². The lowest BCUT2D eigenvalue weighted by Crippen LogP contribution is -2.22. The highest BCUT2D eigenvalue weighted by atomic mass is 32.2. The van der Waals surface area contributed by atoms with E-state index in [9.17, 15) is 13.5 Å². The lowest BCUT2D eigenvalue weighted by molar-refractivity contribution is 0.266. The number of rotatable bonds is 7. The van der Waals surface area contributed by atoms with E-state index in [4.69, 9.17) is 9.47 Å². The lowest BCUT2D eigenvalue weighted by atomic mass is 10.2. The minimum Gasteiger partial charge on any atom is -0.497 e. The monoisotopic (exact) mass is 288 g/mol. The maximum absolute atomic E-state index is 11.6. The van der Waals surface area contributed by atoms with Gasteiger partial charge in [-0.25, -0.2) is 8.42 Å². The first-order valence-corrected chi connectivity index (χ1v) is 7.74. The number of methoxy groups -OCH3 is 1. The van der Waals surface area contributed by atoms with Gasteiger partial charge in [0, 0.05) is 11.6 Å². The Morgan fingerprint density at radius 2 is 2.00 bits per heavy atom. The molecule has 0 radical (unpaired) electrons. The summed E-state index contributed by atoms with van der Waals surface area (Å²) in [5.74, 6) is 0.993. The van der Waals surface area contributed by atoms with Gasteiger partial charge in [-0.1, -0.05) is 0 Å². The van der Waals surface area contributed by atoms with Gasteiger partial charge in [0.15, 0.2) is 9.84 Å². The Morgan fingerprint density at radius 1 is 1.32 bits per heavy atom. The zero-order valence-electron chi connectivity index (χ0n) is 11.4. The molecule has 0 aliphatic rings. The van der Waals surface area contributed by atoms with Gasteiger partial charge in [0.25, 0.3) is 0 Å². The highest BCUT2D eigenvalue weighted by Crippen LogP contribution is 2.24. The van der Waals surface area contributed by atoms with Crippen LogP contribution in [0.2, 0.25) is 0 Å². The van der Waals surface area contributed by atoms with Crippen molar-refractivity contribution in [2.45, 2.75) is 25.7 Å². The molecule has 19 heavy (non-hydrogen) atoms. The number of ether oxygens (including phenoxy) is 2. The van der Waals surface area contributed by atoms with E-state index in [1.165, 1.54) is 7.11 Å². The van der Waals surface area contributed by atoms with E-state index in [0.717, 1.165) is 0 Å². The van der Waals surface area contributed by atoms with E-state index >= 15 is 0 Å². The van der Waals surface area contributed by atoms with Crippen LogP contribution in [-0.2, 0) is 16.4 Å². The minimum atomic E-state index is -3.12. The second-order valence-electron chi connectivity index (χ2n) is 4.40. The molecule has 0 atom stereocenters. The lowest BCUT2D eigenvalue weighted by Gasteiger charge is -2.12. The van der Waals surface area contributed by atoms with Crippen LogP contribution < -0.4 is 9.47 Å². The molecule has 0 fully saturated rings. The van der Waals surface area contributed by atoms with Crippen LogP contribution in [0.4, 0.5) is 0 Å². The Kier molecular flexibility index (Phi) is 5.62. The zero-order valence-corrected chi connectivity index (χ0v) is 12.2. The molecule has 0 aliphatic heterocycles. The maximum atomic E-state index is 11.6. The molecular weight excluding hydrogens is 268 g/mol. The molecule has 108 valence electrons. The van der Waals surface area contributed by atoms with Crippen LogP contribution in [0.25, 0.3) is 0 Å². The normalized spacial score (nSPS) is 11.6. The number of aliphatic hydroxyl groups is 1. The second kappa shape index (κ2) is 6.77. The smallest absolute Gasteiger partial charge is 0.155 e. The van der Waals surface area contributed by atoms with Crippen molar-refractivity contribution in [3.63, 3.8) is 0 Å². The van der Waals surface area contributed by atoms with Crippen molar-refractivity contribution in [3.8, 4) is 11.5 Å². The predicted molar refractivity (Wildman–Crippen MR) is 73.3 cm³/mol. The number of hydrogen-bond acceptors (Lipinski definition) is 5. The SMILES string of the molecule is COc1ccc(CO)c(OCCS(=O)(=O)C(C)C)c1.